The van der Waals surface area contributed by atoms with Crippen LogP contribution in [0, 0.1) is 17.2 Å². The van der Waals surface area contributed by atoms with Crippen LogP contribution in [0.4, 0.5) is 0 Å². The molecule has 0 unspecified atom stereocenters. The van der Waals surface area contributed by atoms with Gasteiger partial charge in [0.05, 0.1) is 18.2 Å². The third-order valence-electron chi connectivity index (χ3n) is 2.85. The molecule has 1 fully saturated rings. The van der Waals surface area contributed by atoms with Crippen molar-refractivity contribution in [3.05, 3.63) is 29.8 Å². The van der Waals surface area contributed by atoms with Gasteiger partial charge in [0.25, 0.3) is 0 Å². The smallest absolute Gasteiger partial charge is 0.119 e. The van der Waals surface area contributed by atoms with Crippen LogP contribution in [-0.2, 0) is 4.74 Å². The number of nitriles is 1. The molecule has 17 heavy (non-hydrogen) atoms. The minimum absolute atomic E-state index is 0.566. The van der Waals surface area contributed by atoms with E-state index in [0.717, 1.165) is 18.3 Å². The predicted molar refractivity (Wildman–Crippen MR) is 64.8 cm³/mol. The van der Waals surface area contributed by atoms with Crippen LogP contribution < -0.4 is 4.74 Å². The van der Waals surface area contributed by atoms with Crippen molar-refractivity contribution in [1.29, 1.82) is 5.26 Å². The van der Waals surface area contributed by atoms with E-state index in [4.69, 9.17) is 14.7 Å². The second kappa shape index (κ2) is 6.27. The Labute approximate surface area is 102 Å². The second-order valence-electron chi connectivity index (χ2n) is 4.33. The van der Waals surface area contributed by atoms with Crippen molar-refractivity contribution in [1.82, 2.24) is 0 Å². The van der Waals surface area contributed by atoms with Crippen molar-refractivity contribution in [2.75, 3.05) is 19.8 Å². The monoisotopic (exact) mass is 231 g/mol. The molecule has 0 amide bonds. The quantitative estimate of drug-likeness (QED) is 0.678. The van der Waals surface area contributed by atoms with E-state index >= 15 is 0 Å². The van der Waals surface area contributed by atoms with Crippen molar-refractivity contribution in [2.24, 2.45) is 5.92 Å². The summed E-state index contributed by atoms with van der Waals surface area (Å²) in [4.78, 5) is 0. The third kappa shape index (κ3) is 4.46. The summed E-state index contributed by atoms with van der Waals surface area (Å²) in [5.41, 5.74) is 0.651. The van der Waals surface area contributed by atoms with Gasteiger partial charge in [-0.2, -0.15) is 5.26 Å². The Hall–Kier alpha value is -1.53. The lowest BCUT2D eigenvalue weighted by Gasteiger charge is -2.06. The summed E-state index contributed by atoms with van der Waals surface area (Å²) in [7, 11) is 0. The topological polar surface area (TPSA) is 42.2 Å². The first-order valence-corrected chi connectivity index (χ1v) is 6.09. The number of hydrogen-bond donors (Lipinski definition) is 0. The van der Waals surface area contributed by atoms with Crippen LogP contribution in [-0.4, -0.2) is 19.8 Å². The molecule has 1 aliphatic rings. The Morgan fingerprint density at radius 2 is 1.88 bits per heavy atom. The maximum Gasteiger partial charge on any atom is 0.119 e. The maximum atomic E-state index is 8.64. The average Bonchev–Trinajstić information content (AvgIpc) is 3.18. The summed E-state index contributed by atoms with van der Waals surface area (Å²) < 4.78 is 11.0. The zero-order valence-electron chi connectivity index (χ0n) is 9.89. The zero-order chi connectivity index (χ0) is 11.9. The summed E-state index contributed by atoms with van der Waals surface area (Å²) in [5.74, 6) is 1.71. The molecule has 1 aliphatic carbocycles. The predicted octanol–water partition coefficient (Wildman–Crippen LogP) is 2.75. The molecule has 0 saturated heterocycles. The normalized spacial score (nSPS) is 14.3. The summed E-state index contributed by atoms with van der Waals surface area (Å²) >= 11 is 0. The molecule has 0 spiro atoms. The fourth-order valence-electron chi connectivity index (χ4n) is 1.60. The molecule has 1 aromatic carbocycles. The third-order valence-corrected chi connectivity index (χ3v) is 2.85. The second-order valence-corrected chi connectivity index (χ2v) is 4.33. The minimum atomic E-state index is 0.566. The highest BCUT2D eigenvalue weighted by Crippen LogP contribution is 2.31. The minimum Gasteiger partial charge on any atom is -0.491 e. The van der Waals surface area contributed by atoms with Crippen molar-refractivity contribution in [2.45, 2.75) is 19.3 Å². The van der Waals surface area contributed by atoms with Gasteiger partial charge in [0.1, 0.15) is 12.4 Å². The van der Waals surface area contributed by atoms with Gasteiger partial charge in [-0.15, -0.1) is 0 Å². The van der Waals surface area contributed by atoms with Crippen LogP contribution in [0.3, 0.4) is 0 Å². The molecule has 90 valence electrons. The van der Waals surface area contributed by atoms with E-state index in [1.165, 1.54) is 19.3 Å². The summed E-state index contributed by atoms with van der Waals surface area (Å²) in [6.07, 6.45) is 3.95. The van der Waals surface area contributed by atoms with Gasteiger partial charge >= 0.3 is 0 Å². The van der Waals surface area contributed by atoms with Crippen LogP contribution >= 0.6 is 0 Å². The largest absolute Gasteiger partial charge is 0.491 e. The van der Waals surface area contributed by atoms with Gasteiger partial charge in [-0.1, -0.05) is 12.8 Å². The van der Waals surface area contributed by atoms with Gasteiger partial charge in [0.2, 0.25) is 0 Å². The van der Waals surface area contributed by atoms with E-state index < -0.39 is 0 Å². The number of rotatable bonds is 7. The summed E-state index contributed by atoms with van der Waals surface area (Å²) in [6, 6.07) is 9.20. The first-order chi connectivity index (χ1) is 8.38. The van der Waals surface area contributed by atoms with Crippen LogP contribution in [0.15, 0.2) is 24.3 Å². The molecule has 2 rings (SSSR count). The highest BCUT2D eigenvalue weighted by atomic mass is 16.5. The standard InChI is InChI=1S/C14H17NO2/c15-11-13-3-5-14(6-4-13)17-10-9-16-8-7-12-1-2-12/h3-6,12H,1-2,7-10H2. The van der Waals surface area contributed by atoms with E-state index in [2.05, 4.69) is 6.07 Å². The zero-order valence-corrected chi connectivity index (χ0v) is 9.89. The van der Waals surface area contributed by atoms with Gasteiger partial charge in [0.15, 0.2) is 0 Å². The summed E-state index contributed by atoms with van der Waals surface area (Å²) in [6.45, 7) is 2.05. The lowest BCUT2D eigenvalue weighted by molar-refractivity contribution is 0.0958. The van der Waals surface area contributed by atoms with E-state index in [-0.39, 0.29) is 0 Å². The first kappa shape index (κ1) is 11.9. The Bertz CT molecular complexity index is 376. The lowest BCUT2D eigenvalue weighted by atomic mass is 10.2. The molecule has 0 atom stereocenters. The molecule has 0 heterocycles. The van der Waals surface area contributed by atoms with Crippen molar-refractivity contribution in [3.63, 3.8) is 0 Å². The Kier molecular flexibility index (Phi) is 4.40. The van der Waals surface area contributed by atoms with E-state index in [1.807, 2.05) is 12.1 Å². The lowest BCUT2D eigenvalue weighted by Crippen LogP contribution is -2.07. The van der Waals surface area contributed by atoms with Gasteiger partial charge < -0.3 is 9.47 Å². The van der Waals surface area contributed by atoms with Crippen LogP contribution in [0.25, 0.3) is 0 Å². The molecule has 3 nitrogen and oxygen atoms in total. The Morgan fingerprint density at radius 3 is 2.53 bits per heavy atom. The first-order valence-electron chi connectivity index (χ1n) is 6.09. The van der Waals surface area contributed by atoms with E-state index in [9.17, 15) is 0 Å². The van der Waals surface area contributed by atoms with E-state index in [1.54, 1.807) is 12.1 Å². The fraction of sp³-hybridized carbons (Fsp3) is 0.500. The van der Waals surface area contributed by atoms with Crippen molar-refractivity contribution in [3.8, 4) is 11.8 Å². The Morgan fingerprint density at radius 1 is 1.12 bits per heavy atom. The number of hydrogen-bond acceptors (Lipinski definition) is 3. The molecule has 0 aliphatic heterocycles. The number of ether oxygens (including phenoxy) is 2. The molecule has 0 N–H and O–H groups in total. The van der Waals surface area contributed by atoms with Crippen LogP contribution in [0.2, 0.25) is 0 Å². The average molecular weight is 231 g/mol. The highest BCUT2D eigenvalue weighted by molar-refractivity contribution is 5.34. The molecular weight excluding hydrogens is 214 g/mol. The van der Waals surface area contributed by atoms with Gasteiger partial charge in [0, 0.05) is 6.61 Å². The SMILES string of the molecule is N#Cc1ccc(OCCOCCC2CC2)cc1. The molecule has 0 aromatic heterocycles. The summed E-state index contributed by atoms with van der Waals surface area (Å²) in [5, 5.41) is 8.64. The van der Waals surface area contributed by atoms with Crippen molar-refractivity contribution < 1.29 is 9.47 Å². The maximum absolute atomic E-state index is 8.64. The van der Waals surface area contributed by atoms with Gasteiger partial charge in [-0.3, -0.25) is 0 Å². The molecular formula is C14H17NO2. The molecule has 1 aromatic rings. The highest BCUT2D eigenvalue weighted by Gasteiger charge is 2.20. The van der Waals surface area contributed by atoms with Gasteiger partial charge in [-0.05, 0) is 36.6 Å². The molecule has 0 radical (unpaired) electrons. The number of nitrogens with zero attached hydrogens (tertiary/aromatic N) is 1. The number of benzene rings is 1. The van der Waals surface area contributed by atoms with E-state index in [0.29, 0.717) is 18.8 Å². The van der Waals surface area contributed by atoms with Crippen LogP contribution in [0.5, 0.6) is 5.75 Å². The molecule has 1 saturated carbocycles. The molecule has 0 bridgehead atoms. The van der Waals surface area contributed by atoms with Crippen LogP contribution in [0.1, 0.15) is 24.8 Å². The molecule has 3 heteroatoms. The fourth-order valence-corrected chi connectivity index (χ4v) is 1.60. The Balaban J connectivity index is 1.55. The van der Waals surface area contributed by atoms with Gasteiger partial charge in [-0.25, -0.2) is 0 Å². The van der Waals surface area contributed by atoms with Crippen molar-refractivity contribution >= 4 is 0 Å².